The monoisotopic (exact) mass is 506 g/mol. The summed E-state index contributed by atoms with van der Waals surface area (Å²) in [5, 5.41) is 11.7. The number of nitrogens with zero attached hydrogens (tertiary/aromatic N) is 3. The number of carbonyl (C=O) groups excluding carboxylic acids is 1. The summed E-state index contributed by atoms with van der Waals surface area (Å²) in [5.41, 5.74) is 2.65. The van der Waals surface area contributed by atoms with Gasteiger partial charge in [0.2, 0.25) is 5.91 Å². The molecule has 180 valence electrons. The highest BCUT2D eigenvalue weighted by molar-refractivity contribution is 7.99. The van der Waals surface area contributed by atoms with Crippen LogP contribution in [0.5, 0.6) is 0 Å². The summed E-state index contributed by atoms with van der Waals surface area (Å²) >= 11 is 1.20. The molecule has 7 nitrogen and oxygen atoms in total. The standard InChI is InChI=1S/C26H26N4O3S2/c1-19(2)20-13-15-21(16-14-20)27-25(31)17-34-26-29-28-24(30(26)22-9-5-3-6-10-22)18-35(32,33)23-11-7-4-8-12-23/h3-16,19H,17-18H2,1-2H3,(H,27,31). The molecular formula is C26H26N4O3S2. The van der Waals surface area contributed by atoms with Gasteiger partial charge in [0.05, 0.1) is 10.6 Å². The lowest BCUT2D eigenvalue weighted by Gasteiger charge is -2.11. The number of carbonyl (C=O) groups is 1. The van der Waals surface area contributed by atoms with E-state index >= 15 is 0 Å². The van der Waals surface area contributed by atoms with E-state index < -0.39 is 9.84 Å². The van der Waals surface area contributed by atoms with Gasteiger partial charge >= 0.3 is 0 Å². The summed E-state index contributed by atoms with van der Waals surface area (Å²) in [5.74, 6) is 0.302. The van der Waals surface area contributed by atoms with Crippen LogP contribution in [0.3, 0.4) is 0 Å². The largest absolute Gasteiger partial charge is 0.325 e. The van der Waals surface area contributed by atoms with Gasteiger partial charge in [0.15, 0.2) is 20.8 Å². The van der Waals surface area contributed by atoms with E-state index in [1.54, 1.807) is 34.9 Å². The van der Waals surface area contributed by atoms with Crippen LogP contribution in [0.1, 0.15) is 31.2 Å². The maximum Gasteiger partial charge on any atom is 0.234 e. The van der Waals surface area contributed by atoms with E-state index in [1.807, 2.05) is 54.6 Å². The average molecular weight is 507 g/mol. The Balaban J connectivity index is 1.53. The van der Waals surface area contributed by atoms with Crippen LogP contribution in [0.25, 0.3) is 5.69 Å². The molecule has 0 radical (unpaired) electrons. The van der Waals surface area contributed by atoms with Crippen LogP contribution < -0.4 is 5.32 Å². The van der Waals surface area contributed by atoms with Crippen molar-refractivity contribution in [3.8, 4) is 5.69 Å². The molecule has 0 aliphatic rings. The highest BCUT2D eigenvalue weighted by atomic mass is 32.2. The van der Waals surface area contributed by atoms with Gasteiger partial charge in [-0.05, 0) is 47.9 Å². The third kappa shape index (κ3) is 6.17. The highest BCUT2D eigenvalue weighted by Gasteiger charge is 2.23. The molecule has 0 unspecified atom stereocenters. The number of para-hydroxylation sites is 1. The Bertz CT molecular complexity index is 1390. The van der Waals surface area contributed by atoms with Crippen LogP contribution in [0.4, 0.5) is 5.69 Å². The SMILES string of the molecule is CC(C)c1ccc(NC(=O)CSc2nnc(CS(=O)(=O)c3ccccc3)n2-c2ccccc2)cc1. The summed E-state index contributed by atoms with van der Waals surface area (Å²) in [4.78, 5) is 12.8. The Morgan fingerprint density at radius 2 is 1.54 bits per heavy atom. The van der Waals surface area contributed by atoms with Gasteiger partial charge in [-0.25, -0.2) is 8.42 Å². The van der Waals surface area contributed by atoms with Gasteiger partial charge in [0.1, 0.15) is 5.75 Å². The van der Waals surface area contributed by atoms with Gasteiger partial charge in [-0.2, -0.15) is 0 Å². The summed E-state index contributed by atoms with van der Waals surface area (Å²) in [7, 11) is -3.62. The number of aromatic nitrogens is 3. The summed E-state index contributed by atoms with van der Waals surface area (Å²) in [6.45, 7) is 4.24. The molecule has 0 aliphatic carbocycles. The molecule has 0 atom stereocenters. The second-order valence-electron chi connectivity index (χ2n) is 8.26. The molecule has 9 heteroatoms. The molecule has 0 spiro atoms. The predicted octanol–water partition coefficient (Wildman–Crippen LogP) is 5.10. The number of benzene rings is 3. The molecule has 1 heterocycles. The molecule has 4 aromatic rings. The fourth-order valence-corrected chi connectivity index (χ4v) is 5.52. The normalized spacial score (nSPS) is 11.5. The Labute approximate surface area is 209 Å². The number of amides is 1. The van der Waals surface area contributed by atoms with Crippen molar-refractivity contribution in [2.45, 2.75) is 35.6 Å². The van der Waals surface area contributed by atoms with Gasteiger partial charge in [-0.1, -0.05) is 74.1 Å². The van der Waals surface area contributed by atoms with Crippen molar-refractivity contribution in [1.29, 1.82) is 0 Å². The summed E-state index contributed by atoms with van der Waals surface area (Å²) < 4.78 is 27.6. The number of anilines is 1. The topological polar surface area (TPSA) is 94.0 Å². The van der Waals surface area contributed by atoms with Crippen LogP contribution in [0.15, 0.2) is 95.0 Å². The second-order valence-corrected chi connectivity index (χ2v) is 11.2. The second kappa shape index (κ2) is 10.9. The van der Waals surface area contributed by atoms with Crippen molar-refractivity contribution in [1.82, 2.24) is 14.8 Å². The quantitative estimate of drug-likeness (QED) is 0.318. The van der Waals surface area contributed by atoms with E-state index in [2.05, 4.69) is 29.4 Å². The van der Waals surface area contributed by atoms with Crippen molar-refractivity contribution in [3.63, 3.8) is 0 Å². The van der Waals surface area contributed by atoms with Crippen molar-refractivity contribution >= 4 is 33.2 Å². The first kappa shape index (κ1) is 24.7. The number of thioether (sulfide) groups is 1. The minimum absolute atomic E-state index is 0.0995. The zero-order valence-corrected chi connectivity index (χ0v) is 21.1. The van der Waals surface area contributed by atoms with E-state index in [4.69, 9.17) is 0 Å². The molecule has 3 aromatic carbocycles. The van der Waals surface area contributed by atoms with Gasteiger partial charge in [0.25, 0.3) is 0 Å². The Morgan fingerprint density at radius 3 is 2.17 bits per heavy atom. The zero-order valence-electron chi connectivity index (χ0n) is 19.5. The van der Waals surface area contributed by atoms with Crippen molar-refractivity contribution in [3.05, 3.63) is 96.3 Å². The third-order valence-electron chi connectivity index (χ3n) is 5.33. The van der Waals surface area contributed by atoms with Crippen LogP contribution in [0.2, 0.25) is 0 Å². The van der Waals surface area contributed by atoms with Crippen LogP contribution >= 0.6 is 11.8 Å². The molecule has 0 saturated carbocycles. The van der Waals surface area contributed by atoms with E-state index in [-0.39, 0.29) is 28.1 Å². The molecule has 0 saturated heterocycles. The fraction of sp³-hybridized carbons (Fsp3) is 0.192. The Kier molecular flexibility index (Phi) is 7.67. The molecule has 1 aromatic heterocycles. The molecule has 0 fully saturated rings. The lowest BCUT2D eigenvalue weighted by Crippen LogP contribution is -2.15. The van der Waals surface area contributed by atoms with Crippen LogP contribution in [-0.2, 0) is 20.4 Å². The van der Waals surface area contributed by atoms with Gasteiger partial charge in [-0.3, -0.25) is 9.36 Å². The van der Waals surface area contributed by atoms with Crippen molar-refractivity contribution < 1.29 is 13.2 Å². The number of hydrogen-bond donors (Lipinski definition) is 1. The first-order valence-corrected chi connectivity index (χ1v) is 13.8. The lowest BCUT2D eigenvalue weighted by atomic mass is 10.0. The van der Waals surface area contributed by atoms with E-state index in [9.17, 15) is 13.2 Å². The molecule has 4 rings (SSSR count). The predicted molar refractivity (Wildman–Crippen MR) is 139 cm³/mol. The molecule has 35 heavy (non-hydrogen) atoms. The first-order chi connectivity index (χ1) is 16.8. The molecular weight excluding hydrogens is 480 g/mol. The van der Waals surface area contributed by atoms with E-state index in [0.29, 0.717) is 11.1 Å². The lowest BCUT2D eigenvalue weighted by molar-refractivity contribution is -0.113. The number of rotatable bonds is 9. The van der Waals surface area contributed by atoms with Crippen LogP contribution in [0, 0.1) is 0 Å². The maximum atomic E-state index is 13.0. The van der Waals surface area contributed by atoms with Gasteiger partial charge in [-0.15, -0.1) is 10.2 Å². The molecule has 1 N–H and O–H groups in total. The Hall–Kier alpha value is -3.43. The molecule has 0 bridgehead atoms. The Morgan fingerprint density at radius 1 is 0.914 bits per heavy atom. The number of hydrogen-bond acceptors (Lipinski definition) is 6. The average Bonchev–Trinajstić information content (AvgIpc) is 3.25. The number of nitrogens with one attached hydrogen (secondary N) is 1. The van der Waals surface area contributed by atoms with Crippen molar-refractivity contribution in [2.24, 2.45) is 0 Å². The summed E-state index contributed by atoms with van der Waals surface area (Å²) in [6.07, 6.45) is 0. The first-order valence-electron chi connectivity index (χ1n) is 11.1. The molecule has 0 aliphatic heterocycles. The number of sulfone groups is 1. The van der Waals surface area contributed by atoms with Crippen molar-refractivity contribution in [2.75, 3.05) is 11.1 Å². The third-order valence-corrected chi connectivity index (χ3v) is 7.89. The maximum absolute atomic E-state index is 13.0. The van der Waals surface area contributed by atoms with Crippen LogP contribution in [-0.4, -0.2) is 34.8 Å². The van der Waals surface area contributed by atoms with Gasteiger partial charge < -0.3 is 5.32 Å². The molecule has 1 amide bonds. The van der Waals surface area contributed by atoms with E-state index in [0.717, 1.165) is 11.4 Å². The zero-order chi connectivity index (χ0) is 24.8. The fourth-order valence-electron chi connectivity index (χ4n) is 3.48. The highest BCUT2D eigenvalue weighted by Crippen LogP contribution is 2.25. The minimum Gasteiger partial charge on any atom is -0.325 e. The summed E-state index contributed by atoms with van der Waals surface area (Å²) in [6, 6.07) is 25.3. The van der Waals surface area contributed by atoms with Gasteiger partial charge in [0, 0.05) is 11.4 Å². The van der Waals surface area contributed by atoms with E-state index in [1.165, 1.54) is 17.3 Å². The minimum atomic E-state index is -3.62. The smallest absolute Gasteiger partial charge is 0.234 e.